The van der Waals surface area contributed by atoms with Crippen LogP contribution < -0.4 is 11.5 Å². The molecule has 0 fully saturated rings. The minimum Gasteiger partial charge on any atom is -0.333 e. The average Bonchev–Trinajstić information content (AvgIpc) is 4.07. The molecule has 4 heteroatoms. The fourth-order valence-corrected chi connectivity index (χ4v) is 8.62. The van der Waals surface area contributed by atoms with E-state index in [0.717, 1.165) is 19.3 Å². The molecule has 8 aromatic rings. The lowest BCUT2D eigenvalue weighted by molar-refractivity contribution is 0.649. The Labute approximate surface area is 324 Å². The van der Waals surface area contributed by atoms with Crippen molar-refractivity contribution in [2.45, 2.75) is 45.1 Å². The van der Waals surface area contributed by atoms with E-state index in [1.165, 1.54) is 90.2 Å². The van der Waals surface area contributed by atoms with Gasteiger partial charge in [0, 0.05) is 57.2 Å². The van der Waals surface area contributed by atoms with Crippen LogP contribution >= 0.6 is 0 Å². The van der Waals surface area contributed by atoms with Crippen LogP contribution in [0.3, 0.4) is 0 Å². The van der Waals surface area contributed by atoms with Crippen molar-refractivity contribution in [3.8, 4) is 22.5 Å². The van der Waals surface area contributed by atoms with Gasteiger partial charge in [0.05, 0.1) is 16.6 Å². The Hall–Kier alpha value is -6.16. The summed E-state index contributed by atoms with van der Waals surface area (Å²) in [7, 11) is 1.50. The molecular formula is C51H48N4. The molecule has 0 spiro atoms. The fourth-order valence-electron chi connectivity index (χ4n) is 8.62. The van der Waals surface area contributed by atoms with Crippen LogP contribution in [-0.2, 0) is 6.42 Å². The standard InChI is InChI=1S/C48H37N3.C2H6.CH5N/c49-48(33-15-7-8-16-33)47(32-13-3-1-4-14-32)36-17-11-20-38(29-36)51-44-24-12-22-40(44)42-30-34(26-28-45(42)51)35-25-27-41-39-21-9-10-23-43(39)50(46(41)31-35)37-18-5-2-6-19-37;2*1-2/h1-7,9-14,17-23,25-31,47-48H,8,16,24,49H2;1-2H3;2H2,1H3. The normalized spacial score (nSPS) is 13.9. The molecule has 10 rings (SSSR count). The van der Waals surface area contributed by atoms with Crippen molar-refractivity contribution in [2.75, 3.05) is 7.05 Å². The number of nitrogens with two attached hydrogens (primary N) is 2. The van der Waals surface area contributed by atoms with Crippen molar-refractivity contribution in [2.24, 2.45) is 11.5 Å². The SMILES string of the molecule is CC.CN.NC(C1=C=CCC1)C(c1ccccc1)c1cccc(-n2c3c(c4cc(-c5ccc6c7ccccc7n(-c7ccccc7)c6c5)ccc42)C=CC3)c1. The van der Waals surface area contributed by atoms with Crippen molar-refractivity contribution >= 4 is 38.8 Å². The molecule has 55 heavy (non-hydrogen) atoms. The highest BCUT2D eigenvalue weighted by molar-refractivity contribution is 6.10. The molecule has 0 saturated carbocycles. The van der Waals surface area contributed by atoms with Crippen molar-refractivity contribution < 1.29 is 0 Å². The molecule has 4 N–H and O–H groups in total. The van der Waals surface area contributed by atoms with Crippen LogP contribution in [0.15, 0.2) is 169 Å². The van der Waals surface area contributed by atoms with Gasteiger partial charge in [0.2, 0.25) is 0 Å². The van der Waals surface area contributed by atoms with Gasteiger partial charge in [0.1, 0.15) is 0 Å². The number of fused-ring (bicyclic) bond motifs is 6. The smallest absolute Gasteiger partial charge is 0.0547 e. The average molecular weight is 717 g/mol. The van der Waals surface area contributed by atoms with E-state index in [9.17, 15) is 0 Å². The Morgan fingerprint density at radius 1 is 0.582 bits per heavy atom. The maximum Gasteiger partial charge on any atom is 0.0547 e. The number of benzene rings is 6. The largest absolute Gasteiger partial charge is 0.333 e. The Kier molecular flexibility index (Phi) is 10.2. The van der Waals surface area contributed by atoms with E-state index < -0.39 is 0 Å². The molecule has 2 aliphatic rings. The number of para-hydroxylation sites is 2. The Morgan fingerprint density at radius 3 is 2.02 bits per heavy atom. The molecule has 2 aromatic heterocycles. The van der Waals surface area contributed by atoms with Gasteiger partial charge in [0.25, 0.3) is 0 Å². The summed E-state index contributed by atoms with van der Waals surface area (Å²) in [4.78, 5) is 0. The summed E-state index contributed by atoms with van der Waals surface area (Å²) in [5.74, 6) is 0.0427. The molecule has 2 heterocycles. The van der Waals surface area contributed by atoms with Gasteiger partial charge in [-0.25, -0.2) is 0 Å². The van der Waals surface area contributed by atoms with Crippen molar-refractivity contribution in [3.05, 3.63) is 191 Å². The topological polar surface area (TPSA) is 61.9 Å². The van der Waals surface area contributed by atoms with Crippen molar-refractivity contribution in [3.63, 3.8) is 0 Å². The van der Waals surface area contributed by atoms with E-state index >= 15 is 0 Å². The number of allylic oxidation sites excluding steroid dienone is 1. The summed E-state index contributed by atoms with van der Waals surface area (Å²) in [5, 5.41) is 3.82. The Balaban J connectivity index is 0.00000104. The van der Waals surface area contributed by atoms with Crippen LogP contribution in [0.4, 0.5) is 0 Å². The molecule has 0 aliphatic heterocycles. The molecular weight excluding hydrogens is 669 g/mol. The number of aromatic nitrogens is 2. The van der Waals surface area contributed by atoms with Crippen LogP contribution in [0, 0.1) is 0 Å². The highest BCUT2D eigenvalue weighted by Gasteiger charge is 2.27. The van der Waals surface area contributed by atoms with E-state index in [2.05, 4.69) is 184 Å². The molecule has 6 aromatic carbocycles. The van der Waals surface area contributed by atoms with Gasteiger partial charge in [0.15, 0.2) is 0 Å². The predicted molar refractivity (Wildman–Crippen MR) is 234 cm³/mol. The molecule has 272 valence electrons. The van der Waals surface area contributed by atoms with Gasteiger partial charge in [-0.2, -0.15) is 0 Å². The zero-order chi connectivity index (χ0) is 37.9. The summed E-state index contributed by atoms with van der Waals surface area (Å²) in [6, 6.07) is 53.0. The van der Waals surface area contributed by atoms with Crippen LogP contribution in [0.1, 0.15) is 55.0 Å². The minimum absolute atomic E-state index is 0.0427. The second-order valence-corrected chi connectivity index (χ2v) is 13.9. The summed E-state index contributed by atoms with van der Waals surface area (Å²) in [6.07, 6.45) is 9.64. The summed E-state index contributed by atoms with van der Waals surface area (Å²) < 4.78 is 4.86. The van der Waals surface area contributed by atoms with E-state index in [-0.39, 0.29) is 12.0 Å². The van der Waals surface area contributed by atoms with E-state index in [4.69, 9.17) is 5.73 Å². The van der Waals surface area contributed by atoms with Gasteiger partial charge in [-0.15, -0.1) is 5.73 Å². The second kappa shape index (κ2) is 15.7. The predicted octanol–water partition coefficient (Wildman–Crippen LogP) is 11.9. The number of nitrogens with zero attached hydrogens (tertiary/aromatic N) is 2. The highest BCUT2D eigenvalue weighted by atomic mass is 15.0. The molecule has 0 saturated heterocycles. The van der Waals surface area contributed by atoms with Gasteiger partial charge in [-0.05, 0) is 102 Å². The first-order chi connectivity index (χ1) is 27.2. The molecule has 0 amide bonds. The van der Waals surface area contributed by atoms with Gasteiger partial charge < -0.3 is 20.6 Å². The molecule has 2 aliphatic carbocycles. The first-order valence-corrected chi connectivity index (χ1v) is 19.6. The Bertz CT molecular complexity index is 2720. The monoisotopic (exact) mass is 716 g/mol. The maximum absolute atomic E-state index is 7.07. The molecule has 0 radical (unpaired) electrons. The van der Waals surface area contributed by atoms with Gasteiger partial charge >= 0.3 is 0 Å². The van der Waals surface area contributed by atoms with Crippen LogP contribution in [0.2, 0.25) is 0 Å². The van der Waals surface area contributed by atoms with Gasteiger partial charge in [-0.3, -0.25) is 0 Å². The first-order valence-electron chi connectivity index (χ1n) is 19.6. The number of hydrogen-bond acceptors (Lipinski definition) is 2. The van der Waals surface area contributed by atoms with Crippen LogP contribution in [0.5, 0.6) is 0 Å². The van der Waals surface area contributed by atoms with E-state index in [1.54, 1.807) is 0 Å². The van der Waals surface area contributed by atoms with E-state index in [0.29, 0.717) is 0 Å². The summed E-state index contributed by atoms with van der Waals surface area (Å²) in [5.41, 5.74) is 29.8. The quantitative estimate of drug-likeness (QED) is 0.161. The maximum atomic E-state index is 7.07. The van der Waals surface area contributed by atoms with Gasteiger partial charge in [-0.1, -0.05) is 123 Å². The summed E-state index contributed by atoms with van der Waals surface area (Å²) in [6.45, 7) is 4.00. The number of hydrogen-bond donors (Lipinski definition) is 2. The third-order valence-electron chi connectivity index (χ3n) is 11.0. The molecule has 0 bridgehead atoms. The highest BCUT2D eigenvalue weighted by Crippen LogP contribution is 2.40. The second-order valence-electron chi connectivity index (χ2n) is 13.9. The first kappa shape index (κ1) is 35.8. The zero-order valence-electron chi connectivity index (χ0n) is 31.9. The Morgan fingerprint density at radius 2 is 1.24 bits per heavy atom. The summed E-state index contributed by atoms with van der Waals surface area (Å²) >= 11 is 0. The minimum atomic E-state index is -0.129. The fraction of sp³-hybridized carbons (Fsp3) is 0.157. The third-order valence-corrected chi connectivity index (χ3v) is 11.0. The third kappa shape index (κ3) is 6.35. The lowest BCUT2D eigenvalue weighted by atomic mass is 9.82. The van der Waals surface area contributed by atoms with Crippen LogP contribution in [0.25, 0.3) is 61.3 Å². The number of rotatable bonds is 7. The lowest BCUT2D eigenvalue weighted by Gasteiger charge is -2.26. The molecule has 4 nitrogen and oxygen atoms in total. The van der Waals surface area contributed by atoms with E-state index in [1.807, 2.05) is 13.8 Å². The van der Waals surface area contributed by atoms with Crippen LogP contribution in [-0.4, -0.2) is 22.2 Å². The van der Waals surface area contributed by atoms with Crippen molar-refractivity contribution in [1.82, 2.24) is 9.13 Å². The lowest BCUT2D eigenvalue weighted by Crippen LogP contribution is -2.31. The molecule has 2 atom stereocenters. The van der Waals surface area contributed by atoms with Crippen molar-refractivity contribution in [1.29, 1.82) is 0 Å². The molecule has 2 unspecified atom stereocenters. The zero-order valence-corrected chi connectivity index (χ0v) is 31.9.